The minimum Gasteiger partial charge on any atom is -0.497 e. The number of benzene rings is 1. The summed E-state index contributed by atoms with van der Waals surface area (Å²) < 4.78 is 10.9. The Hall–Kier alpha value is -0.770. The molecule has 1 aliphatic heterocycles. The van der Waals surface area contributed by atoms with Crippen LogP contribution in [0.2, 0.25) is 0 Å². The Kier molecular flexibility index (Phi) is 4.19. The Balaban J connectivity index is 0.00000128. The predicted octanol–water partition coefficient (Wildman–Crippen LogP) is 2.30. The van der Waals surface area contributed by atoms with Crippen molar-refractivity contribution in [3.05, 3.63) is 29.8 Å². The molecule has 1 heterocycles. The van der Waals surface area contributed by atoms with Gasteiger partial charge in [0, 0.05) is 6.04 Å². The lowest BCUT2D eigenvalue weighted by Gasteiger charge is -2.24. The van der Waals surface area contributed by atoms with Gasteiger partial charge < -0.3 is 9.47 Å². The number of ether oxygens (including phenoxy) is 2. The Morgan fingerprint density at radius 2 is 2.00 bits per heavy atom. The Labute approximate surface area is 103 Å². The lowest BCUT2D eigenvalue weighted by Crippen LogP contribution is -2.37. The second-order valence-corrected chi connectivity index (χ2v) is 4.12. The van der Waals surface area contributed by atoms with Gasteiger partial charge in [0.2, 0.25) is 0 Å². The summed E-state index contributed by atoms with van der Waals surface area (Å²) in [5.74, 6) is 0.869. The van der Waals surface area contributed by atoms with Gasteiger partial charge in [-0.05, 0) is 31.5 Å². The van der Waals surface area contributed by atoms with Gasteiger partial charge in [-0.15, -0.1) is 12.4 Å². The second-order valence-electron chi connectivity index (χ2n) is 4.12. The summed E-state index contributed by atoms with van der Waals surface area (Å²) in [6, 6.07) is 8.37. The van der Waals surface area contributed by atoms with Gasteiger partial charge in [-0.3, -0.25) is 5.32 Å². The molecule has 16 heavy (non-hydrogen) atoms. The van der Waals surface area contributed by atoms with Crippen LogP contribution in [0.4, 0.5) is 0 Å². The second kappa shape index (κ2) is 5.04. The Morgan fingerprint density at radius 1 is 1.38 bits per heavy atom. The van der Waals surface area contributed by atoms with Gasteiger partial charge in [-0.25, -0.2) is 0 Å². The van der Waals surface area contributed by atoms with Gasteiger partial charge in [0.15, 0.2) is 0 Å². The number of rotatable bonds is 2. The van der Waals surface area contributed by atoms with Crippen molar-refractivity contribution in [3.63, 3.8) is 0 Å². The Bertz CT molecular complexity index is 341. The molecule has 0 aliphatic carbocycles. The molecule has 1 aliphatic rings. The zero-order valence-electron chi connectivity index (χ0n) is 9.82. The molecule has 1 fully saturated rings. The molecule has 2 atom stereocenters. The number of nitrogens with one attached hydrogen (secondary N) is 1. The van der Waals surface area contributed by atoms with E-state index in [2.05, 4.69) is 19.2 Å². The van der Waals surface area contributed by atoms with E-state index in [9.17, 15) is 0 Å². The maximum absolute atomic E-state index is 5.76. The van der Waals surface area contributed by atoms with Crippen LogP contribution in [0.3, 0.4) is 0 Å². The van der Waals surface area contributed by atoms with Crippen molar-refractivity contribution >= 4 is 12.4 Å². The first-order valence-electron chi connectivity index (χ1n) is 5.20. The van der Waals surface area contributed by atoms with E-state index in [1.807, 2.05) is 24.3 Å². The van der Waals surface area contributed by atoms with Gasteiger partial charge in [-0.2, -0.15) is 0 Å². The number of halogens is 1. The lowest BCUT2D eigenvalue weighted by molar-refractivity contribution is 0.00234. The van der Waals surface area contributed by atoms with Gasteiger partial charge in [0.05, 0.1) is 13.7 Å². The van der Waals surface area contributed by atoms with Crippen molar-refractivity contribution in [3.8, 4) is 5.75 Å². The molecule has 2 rings (SSSR count). The van der Waals surface area contributed by atoms with E-state index in [4.69, 9.17) is 9.47 Å². The van der Waals surface area contributed by atoms with Crippen LogP contribution in [0.15, 0.2) is 24.3 Å². The molecule has 4 heteroatoms. The molecule has 3 nitrogen and oxygen atoms in total. The van der Waals surface area contributed by atoms with Crippen LogP contribution in [0, 0.1) is 0 Å². The molecule has 1 saturated heterocycles. The highest BCUT2D eigenvalue weighted by Crippen LogP contribution is 2.28. The van der Waals surface area contributed by atoms with E-state index >= 15 is 0 Å². The number of hydrogen-bond donors (Lipinski definition) is 1. The van der Waals surface area contributed by atoms with Crippen LogP contribution in [0.5, 0.6) is 5.75 Å². The molecule has 0 bridgehead atoms. The van der Waals surface area contributed by atoms with E-state index in [0.717, 1.165) is 17.9 Å². The first-order valence-corrected chi connectivity index (χ1v) is 5.20. The topological polar surface area (TPSA) is 30.5 Å². The van der Waals surface area contributed by atoms with E-state index < -0.39 is 0 Å². The number of hydrogen-bond acceptors (Lipinski definition) is 3. The summed E-state index contributed by atoms with van der Waals surface area (Å²) in [5.41, 5.74) is 0.777. The van der Waals surface area contributed by atoms with Crippen molar-refractivity contribution in [2.24, 2.45) is 0 Å². The molecule has 0 spiro atoms. The van der Waals surface area contributed by atoms with E-state index in [-0.39, 0.29) is 18.1 Å². The fourth-order valence-corrected chi connectivity index (χ4v) is 1.92. The van der Waals surface area contributed by atoms with Gasteiger partial charge in [-0.1, -0.05) is 12.1 Å². The van der Waals surface area contributed by atoms with Crippen molar-refractivity contribution in [2.45, 2.75) is 25.6 Å². The average Bonchev–Trinajstić information content (AvgIpc) is 2.60. The fourth-order valence-electron chi connectivity index (χ4n) is 1.92. The monoisotopic (exact) mass is 243 g/mol. The normalized spacial score (nSPS) is 28.6. The quantitative estimate of drug-likeness (QED) is 0.865. The molecular formula is C12H18ClNO2. The maximum Gasteiger partial charge on any atom is 0.142 e. The third-order valence-corrected chi connectivity index (χ3v) is 2.78. The summed E-state index contributed by atoms with van der Waals surface area (Å²) in [6.45, 7) is 4.93. The van der Waals surface area contributed by atoms with Gasteiger partial charge in [0.25, 0.3) is 0 Å². The summed E-state index contributed by atoms with van der Waals surface area (Å²) in [6.07, 6.45) is 0. The molecule has 0 saturated carbocycles. The smallest absolute Gasteiger partial charge is 0.142 e. The standard InChI is InChI=1S/C12H17NO2.ClH/c1-9-8-15-12(2,13-9)10-4-6-11(14-3)7-5-10;/h4-7,9,13H,8H2,1-3H3;1H. The van der Waals surface area contributed by atoms with Crippen LogP contribution >= 0.6 is 12.4 Å². The van der Waals surface area contributed by atoms with Crippen LogP contribution < -0.4 is 10.1 Å². The molecular weight excluding hydrogens is 226 g/mol. The van der Waals surface area contributed by atoms with Crippen molar-refractivity contribution < 1.29 is 9.47 Å². The van der Waals surface area contributed by atoms with Crippen LogP contribution in [0.1, 0.15) is 19.4 Å². The van der Waals surface area contributed by atoms with E-state index in [1.165, 1.54) is 0 Å². The first-order chi connectivity index (χ1) is 7.14. The molecule has 90 valence electrons. The number of methoxy groups -OCH3 is 1. The minimum absolute atomic E-state index is 0. The SMILES string of the molecule is COc1ccc(C2(C)NC(C)CO2)cc1.Cl. The van der Waals surface area contributed by atoms with Crippen LogP contribution in [-0.2, 0) is 10.5 Å². The highest BCUT2D eigenvalue weighted by molar-refractivity contribution is 5.85. The molecule has 0 radical (unpaired) electrons. The van der Waals surface area contributed by atoms with Gasteiger partial charge in [0.1, 0.15) is 11.5 Å². The van der Waals surface area contributed by atoms with Crippen molar-refractivity contribution in [1.82, 2.24) is 5.32 Å². The summed E-state index contributed by atoms with van der Waals surface area (Å²) >= 11 is 0. The van der Waals surface area contributed by atoms with Crippen molar-refractivity contribution in [1.29, 1.82) is 0 Å². The average molecular weight is 244 g/mol. The maximum atomic E-state index is 5.76. The Morgan fingerprint density at radius 3 is 2.44 bits per heavy atom. The molecule has 2 unspecified atom stereocenters. The third kappa shape index (κ3) is 2.48. The highest BCUT2D eigenvalue weighted by Gasteiger charge is 2.34. The summed E-state index contributed by atoms with van der Waals surface area (Å²) in [5, 5.41) is 3.42. The molecule has 0 amide bonds. The van der Waals surface area contributed by atoms with Crippen LogP contribution in [0.25, 0.3) is 0 Å². The molecule has 1 N–H and O–H groups in total. The minimum atomic E-state index is -0.355. The first kappa shape index (κ1) is 13.3. The zero-order valence-corrected chi connectivity index (χ0v) is 10.6. The molecule has 1 aromatic rings. The predicted molar refractivity (Wildman–Crippen MR) is 66.1 cm³/mol. The van der Waals surface area contributed by atoms with E-state index in [0.29, 0.717) is 6.04 Å². The fraction of sp³-hybridized carbons (Fsp3) is 0.500. The van der Waals surface area contributed by atoms with E-state index in [1.54, 1.807) is 7.11 Å². The highest BCUT2D eigenvalue weighted by atomic mass is 35.5. The third-order valence-electron chi connectivity index (χ3n) is 2.78. The van der Waals surface area contributed by atoms with Crippen LogP contribution in [-0.4, -0.2) is 19.8 Å². The largest absolute Gasteiger partial charge is 0.497 e. The summed E-state index contributed by atoms with van der Waals surface area (Å²) in [4.78, 5) is 0. The van der Waals surface area contributed by atoms with Gasteiger partial charge >= 0.3 is 0 Å². The zero-order chi connectivity index (χ0) is 10.9. The summed E-state index contributed by atoms with van der Waals surface area (Å²) in [7, 11) is 1.67. The molecule has 1 aromatic carbocycles. The molecule has 0 aromatic heterocycles. The van der Waals surface area contributed by atoms with Crippen molar-refractivity contribution in [2.75, 3.05) is 13.7 Å². The lowest BCUT2D eigenvalue weighted by atomic mass is 10.0.